The molecule has 2 unspecified atom stereocenters. The Kier molecular flexibility index (Phi) is 25.8. The fraction of sp³-hybridized carbons (Fsp3) is 0.0678. The van der Waals surface area contributed by atoms with Crippen molar-refractivity contribution < 1.29 is 66.8 Å². The minimum atomic E-state index is -1.81. The van der Waals surface area contributed by atoms with Crippen LogP contribution in [0.2, 0.25) is 0 Å². The Morgan fingerprint density at radius 2 is 0.725 bits per heavy atom. The Bertz CT molecular complexity index is 7840. The number of hydrogen-bond acceptors (Lipinski definition) is 18. The molecule has 2 atom stereocenters. The highest BCUT2D eigenvalue weighted by molar-refractivity contribution is 7.10. The van der Waals surface area contributed by atoms with Gasteiger partial charge in [-0.1, -0.05) is 277 Å². The zero-order valence-corrected chi connectivity index (χ0v) is 79.7. The number of thiophene rings is 2. The van der Waals surface area contributed by atoms with Crippen LogP contribution in [0, 0.1) is 27.7 Å². The van der Waals surface area contributed by atoms with Crippen molar-refractivity contribution in [1.82, 2.24) is 20.2 Å². The molecule has 142 heavy (non-hydrogen) atoms. The van der Waals surface area contributed by atoms with Gasteiger partial charge in [0.05, 0.1) is 29.8 Å². The first-order valence-electron chi connectivity index (χ1n) is 45.2. The van der Waals surface area contributed by atoms with Gasteiger partial charge in [0.1, 0.15) is 85.2 Å². The zero-order valence-electron chi connectivity index (χ0n) is 76.6. The number of aryl methyl sites for hydroxylation is 4. The monoisotopic (exact) mass is 1940 g/mol. The van der Waals surface area contributed by atoms with Gasteiger partial charge in [-0.2, -0.15) is 0 Å². The van der Waals surface area contributed by atoms with Gasteiger partial charge in [0.15, 0.2) is 12.3 Å². The fourth-order valence-electron chi connectivity index (χ4n) is 18.4. The number of pyridine rings is 2. The van der Waals surface area contributed by atoms with Crippen LogP contribution in [0.25, 0.3) is 87.6 Å². The molecule has 0 bridgehead atoms. The van der Waals surface area contributed by atoms with E-state index in [1.54, 1.807) is 83.6 Å². The maximum atomic E-state index is 17.6. The lowest BCUT2D eigenvalue weighted by atomic mass is 9.81. The number of imide groups is 1. The number of anilines is 2. The van der Waals surface area contributed by atoms with Gasteiger partial charge < -0.3 is 33.7 Å². The average Bonchev–Trinajstić information content (AvgIpc) is 0.772. The van der Waals surface area contributed by atoms with Crippen molar-refractivity contribution in [1.29, 1.82) is 0 Å². The van der Waals surface area contributed by atoms with Crippen molar-refractivity contribution in [2.24, 2.45) is 0 Å². The summed E-state index contributed by atoms with van der Waals surface area (Å²) in [4.78, 5) is 142. The third-order valence-electron chi connectivity index (χ3n) is 24.5. The summed E-state index contributed by atoms with van der Waals surface area (Å²) in [5, 5.41) is 6.68. The van der Waals surface area contributed by atoms with Crippen LogP contribution in [0.1, 0.15) is 96.7 Å². The number of halogens is 2. The molecule has 0 saturated heterocycles. The molecule has 5 heterocycles. The quantitative estimate of drug-likeness (QED) is 0.0110. The summed E-state index contributed by atoms with van der Waals surface area (Å²) in [5.74, 6) is -5.63. The van der Waals surface area contributed by atoms with Crippen molar-refractivity contribution in [3.8, 4) is 102 Å². The van der Waals surface area contributed by atoms with Gasteiger partial charge in [-0.15, -0.1) is 22.7 Å². The minimum Gasteiger partial charge on any atom is -0.457 e. The number of carbonyl (C=O) groups is 8. The summed E-state index contributed by atoms with van der Waals surface area (Å²) >= 11 is 14.5. The molecular formula is C118H82Cl2N6O14S2. The molecular weight excluding hydrogens is 1860 g/mol. The van der Waals surface area contributed by atoms with Crippen molar-refractivity contribution in [3.05, 3.63) is 439 Å². The molecule has 19 aromatic rings. The predicted molar refractivity (Wildman–Crippen MR) is 557 cm³/mol. The average molecular weight is 1940 g/mol. The number of benzene rings is 15. The van der Waals surface area contributed by atoms with Crippen LogP contribution in [-0.4, -0.2) is 62.6 Å². The maximum absolute atomic E-state index is 17.6. The molecule has 4 aromatic heterocycles. The molecule has 1 aliphatic rings. The second-order valence-electron chi connectivity index (χ2n) is 34.3. The van der Waals surface area contributed by atoms with Crippen molar-refractivity contribution in [2.75, 3.05) is 9.80 Å². The van der Waals surface area contributed by atoms with Crippen LogP contribution in [0.4, 0.5) is 11.6 Å². The number of ether oxygens (including phenoxy) is 6. The number of esters is 2. The fourth-order valence-corrected chi connectivity index (χ4v) is 20.1. The van der Waals surface area contributed by atoms with E-state index >= 15 is 28.8 Å². The normalized spacial score (nSPS) is 12.1. The van der Waals surface area contributed by atoms with E-state index in [0.717, 1.165) is 83.0 Å². The van der Waals surface area contributed by atoms with E-state index in [2.05, 4.69) is 18.5 Å². The van der Waals surface area contributed by atoms with Crippen LogP contribution in [0.5, 0.6) is 57.5 Å². The first kappa shape index (κ1) is 92.4. The van der Waals surface area contributed by atoms with E-state index in [1.807, 2.05) is 234 Å². The van der Waals surface area contributed by atoms with E-state index in [4.69, 9.17) is 61.6 Å². The van der Waals surface area contributed by atoms with E-state index < -0.39 is 63.6 Å². The minimum absolute atomic E-state index is 0.0135. The van der Waals surface area contributed by atoms with Crippen LogP contribution in [-0.2, 0) is 32.3 Å². The Labute approximate surface area is 833 Å². The molecule has 1 N–H and O–H groups in total. The Balaban J connectivity index is 0.889. The number of amides is 5. The summed E-state index contributed by atoms with van der Waals surface area (Å²) in [6.07, 6.45) is 3.33. The van der Waals surface area contributed by atoms with Crippen molar-refractivity contribution >= 4 is 148 Å². The summed E-state index contributed by atoms with van der Waals surface area (Å²) in [7, 11) is 0. The van der Waals surface area contributed by atoms with Crippen LogP contribution in [0.3, 0.4) is 0 Å². The van der Waals surface area contributed by atoms with E-state index in [9.17, 15) is 9.59 Å². The standard InChI is InChI=1S/C118H82Cl2N6O14S2/c1-68-53-69(2)56-74(55-68)65-124(100-60-89(47-49-121-100)139-117(133)72(5)119)115(131)110(98-29-19-51-141-98)123-112(128)91-62-95(136-86-41-33-81(34-42-86)77-23-13-8-14-24-77)105-107-97(138-88-45-37-83(38-46-88)79-27-17-10-18-28-79)64-93-103-92(113(129)126(114(93)130)111(99-30-20-52-142-99)116(132)125(66-75-57-70(3)54-71(4)58-75)101-61-90(48-50-122-101)140-118(134)73(6)120)63-96(137-87-43-35-82(36-44-87)78-25-15-9-16-26-78)106(109(103)107)104-94(59-84(67-127)102(91)108(104)105)135-85-39-31-80(32-40-85)76-21-11-7-12-22-76/h7-64,67,110-111H,5-6,65-66H2,1-4H3,(H,123,128). The number of rotatable bonds is 30. The second-order valence-corrected chi connectivity index (χ2v) is 37.1. The topological polar surface area (TPSA) is 239 Å². The molecule has 1 aliphatic heterocycles. The highest BCUT2D eigenvalue weighted by Crippen LogP contribution is 2.59. The number of carbonyl (C=O) groups excluding carboxylic acids is 8. The second kappa shape index (κ2) is 39.7. The predicted octanol–water partition coefficient (Wildman–Crippen LogP) is 28.1. The SMILES string of the molecule is C=C(Cl)C(=O)Oc1ccnc(N(Cc2cc(C)cc(C)c2)C(=O)C(NC(=O)c2cc(Oc3ccc(-c4ccccc4)cc3)c3c4c(Oc5ccc(-c6ccccc6)cc5)cc5c6c(cc(Oc7ccc(-c8ccccc8)cc7)c(c7c(Oc8ccc(-c9ccccc9)cc8)cc(C=O)c2c73)c64)C(=O)N(C(C(=O)N(Cc2cc(C)cc(C)c2)c2cc(OC(=O)C(=C)Cl)ccn2)c2cccs2)C5=O)c2cccs2)c1. The molecule has 694 valence electrons. The first-order valence-corrected chi connectivity index (χ1v) is 47.7. The summed E-state index contributed by atoms with van der Waals surface area (Å²) in [6.45, 7) is 14.5. The third kappa shape index (κ3) is 18.8. The molecule has 0 radical (unpaired) electrons. The van der Waals surface area contributed by atoms with E-state index in [0.29, 0.717) is 22.3 Å². The smallest absolute Gasteiger partial charge is 0.354 e. The summed E-state index contributed by atoms with van der Waals surface area (Å²) in [5.41, 5.74) is 11.1. The zero-order chi connectivity index (χ0) is 98.1. The largest absolute Gasteiger partial charge is 0.457 e. The maximum Gasteiger partial charge on any atom is 0.354 e. The third-order valence-corrected chi connectivity index (χ3v) is 26.7. The van der Waals surface area contributed by atoms with Crippen molar-refractivity contribution in [3.63, 3.8) is 0 Å². The van der Waals surface area contributed by atoms with Crippen LogP contribution in [0.15, 0.2) is 374 Å². The van der Waals surface area contributed by atoms with Gasteiger partial charge in [0, 0.05) is 82.9 Å². The van der Waals surface area contributed by atoms with Gasteiger partial charge >= 0.3 is 11.9 Å². The molecule has 0 saturated carbocycles. The highest BCUT2D eigenvalue weighted by atomic mass is 35.5. The molecule has 5 amide bonds. The molecule has 15 aromatic carbocycles. The van der Waals surface area contributed by atoms with Crippen LogP contribution < -0.4 is 43.5 Å². The number of fused-ring (bicyclic) bond motifs is 2. The Hall–Kier alpha value is -17.3. The number of aldehydes is 1. The molecule has 20 rings (SSSR count). The summed E-state index contributed by atoms with van der Waals surface area (Å²) < 4.78 is 41.6. The number of hydrogen-bond donors (Lipinski definition) is 1. The molecule has 24 heteroatoms. The van der Waals surface area contributed by atoms with Gasteiger partial charge in [-0.25, -0.2) is 19.6 Å². The Morgan fingerprint density at radius 3 is 1.08 bits per heavy atom. The van der Waals surface area contributed by atoms with Gasteiger partial charge in [-0.05, 0) is 191 Å². The molecule has 20 nitrogen and oxygen atoms in total. The first-order chi connectivity index (χ1) is 69.0. The van der Waals surface area contributed by atoms with E-state index in [-0.39, 0.29) is 152 Å². The lowest BCUT2D eigenvalue weighted by Gasteiger charge is -2.36. The Morgan fingerprint density at radius 1 is 0.380 bits per heavy atom. The molecule has 0 fully saturated rings. The lowest BCUT2D eigenvalue weighted by molar-refractivity contribution is -0.130. The lowest BCUT2D eigenvalue weighted by Crippen LogP contribution is -2.49. The molecule has 0 spiro atoms. The van der Waals surface area contributed by atoms with Crippen molar-refractivity contribution in [2.45, 2.75) is 52.9 Å². The van der Waals surface area contributed by atoms with Crippen LogP contribution >= 0.6 is 45.9 Å². The highest BCUT2D eigenvalue weighted by Gasteiger charge is 2.47. The van der Waals surface area contributed by atoms with Gasteiger partial charge in [0.25, 0.3) is 29.5 Å². The van der Waals surface area contributed by atoms with Gasteiger partial charge in [-0.3, -0.25) is 43.5 Å². The van der Waals surface area contributed by atoms with E-state index in [1.165, 1.54) is 82.1 Å². The summed E-state index contributed by atoms with van der Waals surface area (Å²) in [6, 6.07) is 95.0. The molecule has 0 aliphatic carbocycles. The number of nitrogens with zero attached hydrogens (tertiary/aromatic N) is 5. The number of aromatic nitrogens is 2. The van der Waals surface area contributed by atoms with Gasteiger partial charge in [0.2, 0.25) is 0 Å². The number of nitrogens with one attached hydrogen (secondary N) is 1.